The maximum absolute atomic E-state index is 2.59. The van der Waals surface area contributed by atoms with Gasteiger partial charge in [-0.3, -0.25) is 0 Å². The molecule has 0 rings (SSSR count). The highest BCUT2D eigenvalue weighted by Gasteiger charge is 2.27. The first kappa shape index (κ1) is 30.0. The largest absolute Gasteiger partial charge is 0.0654 e. The van der Waals surface area contributed by atoms with Crippen LogP contribution in [0.3, 0.4) is 0 Å². The van der Waals surface area contributed by atoms with Crippen LogP contribution in [0.25, 0.3) is 0 Å². The molecule has 182 valence electrons. The van der Waals surface area contributed by atoms with E-state index in [4.69, 9.17) is 0 Å². The fourth-order valence-electron chi connectivity index (χ4n) is 5.19. The molecule has 0 N–H and O–H groups in total. The zero-order valence-electron chi connectivity index (χ0n) is 22.3. The maximum atomic E-state index is 2.59. The van der Waals surface area contributed by atoms with Gasteiger partial charge in [0.2, 0.25) is 0 Å². The fraction of sp³-hybridized carbons (Fsp3) is 1.00. The zero-order chi connectivity index (χ0) is 22.3. The smallest absolute Gasteiger partial charge is 0.0326 e. The van der Waals surface area contributed by atoms with Crippen molar-refractivity contribution in [1.29, 1.82) is 0 Å². The summed E-state index contributed by atoms with van der Waals surface area (Å²) in [5.41, 5.74) is 0.552. The van der Waals surface area contributed by atoms with Gasteiger partial charge in [-0.1, -0.05) is 163 Å². The van der Waals surface area contributed by atoms with Crippen molar-refractivity contribution in [3.63, 3.8) is 0 Å². The number of hydrogen-bond acceptors (Lipinski definition) is 0. The predicted molar refractivity (Wildman–Crippen MR) is 140 cm³/mol. The monoisotopic (exact) mass is 422 g/mol. The average Bonchev–Trinajstić information content (AvgIpc) is 2.72. The highest BCUT2D eigenvalue weighted by atomic mass is 14.3. The molecule has 30 heavy (non-hydrogen) atoms. The van der Waals surface area contributed by atoms with E-state index in [9.17, 15) is 0 Å². The minimum atomic E-state index is 0.552. The number of hydrogen-bond donors (Lipinski definition) is 0. The second-order valence-corrected chi connectivity index (χ2v) is 11.0. The Balaban J connectivity index is 4.10. The minimum absolute atomic E-state index is 0.552. The lowest BCUT2D eigenvalue weighted by Gasteiger charge is -2.35. The maximum Gasteiger partial charge on any atom is -0.0326 e. The molecule has 0 aromatic heterocycles. The molecule has 0 saturated carbocycles. The summed E-state index contributed by atoms with van der Waals surface area (Å²) in [7, 11) is 0. The van der Waals surface area contributed by atoms with Crippen molar-refractivity contribution in [2.24, 2.45) is 11.3 Å². The van der Waals surface area contributed by atoms with Crippen LogP contribution < -0.4 is 0 Å². The first-order valence-corrected chi connectivity index (χ1v) is 14.6. The van der Waals surface area contributed by atoms with Crippen LogP contribution in [0.1, 0.15) is 182 Å². The lowest BCUT2D eigenvalue weighted by atomic mass is 9.70. The van der Waals surface area contributed by atoms with Crippen molar-refractivity contribution in [3.8, 4) is 0 Å². The van der Waals surface area contributed by atoms with E-state index in [1.807, 2.05) is 0 Å². The van der Waals surface area contributed by atoms with Crippen LogP contribution >= 0.6 is 0 Å². The molecule has 0 aromatic carbocycles. The normalized spacial score (nSPS) is 13.1. The Labute approximate surface area is 193 Å². The molecule has 0 aliphatic rings. The molecule has 0 aliphatic heterocycles. The summed E-state index contributed by atoms with van der Waals surface area (Å²) in [6.07, 6.45) is 33.4. The van der Waals surface area contributed by atoms with Crippen LogP contribution in [0, 0.1) is 11.3 Å². The lowest BCUT2D eigenvalue weighted by molar-refractivity contribution is 0.158. The summed E-state index contributed by atoms with van der Waals surface area (Å²) in [5.74, 6) is 0.957. The first-order valence-electron chi connectivity index (χ1n) is 14.6. The molecule has 0 aromatic rings. The van der Waals surface area contributed by atoms with Crippen molar-refractivity contribution in [3.05, 3.63) is 0 Å². The SMILES string of the molecule is CCCCCCCCCCCC(CCCCCCCCCC)C(C)(C)CCCCC. The summed E-state index contributed by atoms with van der Waals surface area (Å²) in [6, 6.07) is 0. The van der Waals surface area contributed by atoms with Gasteiger partial charge in [-0.25, -0.2) is 0 Å². The van der Waals surface area contributed by atoms with Crippen LogP contribution in [-0.2, 0) is 0 Å². The summed E-state index contributed by atoms with van der Waals surface area (Å²) in [4.78, 5) is 0. The summed E-state index contributed by atoms with van der Waals surface area (Å²) in [6.45, 7) is 12.1. The van der Waals surface area contributed by atoms with Gasteiger partial charge >= 0.3 is 0 Å². The van der Waals surface area contributed by atoms with E-state index in [0.717, 1.165) is 5.92 Å². The summed E-state index contributed by atoms with van der Waals surface area (Å²) in [5, 5.41) is 0. The first-order chi connectivity index (χ1) is 14.6. The van der Waals surface area contributed by atoms with E-state index in [2.05, 4.69) is 34.6 Å². The van der Waals surface area contributed by atoms with Crippen LogP contribution in [0.2, 0.25) is 0 Å². The third-order valence-corrected chi connectivity index (χ3v) is 7.59. The zero-order valence-corrected chi connectivity index (χ0v) is 22.3. The Morgan fingerprint density at radius 3 is 1.07 bits per heavy atom. The predicted octanol–water partition coefficient (Wildman–Crippen LogP) is 11.7. The second kappa shape index (κ2) is 22.2. The van der Waals surface area contributed by atoms with E-state index in [1.165, 1.54) is 148 Å². The van der Waals surface area contributed by atoms with Gasteiger partial charge in [0.05, 0.1) is 0 Å². The Kier molecular flexibility index (Phi) is 22.2. The van der Waals surface area contributed by atoms with E-state index in [0.29, 0.717) is 5.41 Å². The molecular formula is C30H62. The van der Waals surface area contributed by atoms with Crippen LogP contribution in [0.5, 0.6) is 0 Å². The average molecular weight is 423 g/mol. The van der Waals surface area contributed by atoms with Gasteiger partial charge in [-0.15, -0.1) is 0 Å². The van der Waals surface area contributed by atoms with E-state index in [-0.39, 0.29) is 0 Å². The Hall–Kier alpha value is 0. The Morgan fingerprint density at radius 1 is 0.400 bits per heavy atom. The Bertz CT molecular complexity index is 316. The third-order valence-electron chi connectivity index (χ3n) is 7.59. The molecular weight excluding hydrogens is 360 g/mol. The molecule has 0 aliphatic carbocycles. The topological polar surface area (TPSA) is 0 Å². The second-order valence-electron chi connectivity index (χ2n) is 11.0. The van der Waals surface area contributed by atoms with E-state index >= 15 is 0 Å². The van der Waals surface area contributed by atoms with Crippen LogP contribution in [0.4, 0.5) is 0 Å². The molecule has 1 unspecified atom stereocenters. The van der Waals surface area contributed by atoms with Gasteiger partial charge in [0.25, 0.3) is 0 Å². The molecule has 0 radical (unpaired) electrons. The van der Waals surface area contributed by atoms with Crippen molar-refractivity contribution >= 4 is 0 Å². The van der Waals surface area contributed by atoms with Crippen molar-refractivity contribution in [1.82, 2.24) is 0 Å². The van der Waals surface area contributed by atoms with E-state index < -0.39 is 0 Å². The molecule has 0 heteroatoms. The van der Waals surface area contributed by atoms with Crippen molar-refractivity contribution in [2.75, 3.05) is 0 Å². The van der Waals surface area contributed by atoms with Crippen molar-refractivity contribution < 1.29 is 0 Å². The van der Waals surface area contributed by atoms with Crippen molar-refractivity contribution in [2.45, 2.75) is 182 Å². The number of rotatable bonds is 24. The highest BCUT2D eigenvalue weighted by molar-refractivity contribution is 4.79. The standard InChI is InChI=1S/C30H62/c1-6-9-12-14-16-18-20-22-24-27-29(30(4,5)28-25-11-8-3)26-23-21-19-17-15-13-10-7-2/h29H,6-28H2,1-5H3. The van der Waals surface area contributed by atoms with Gasteiger partial charge in [0.15, 0.2) is 0 Å². The highest BCUT2D eigenvalue weighted by Crippen LogP contribution is 2.39. The third kappa shape index (κ3) is 18.7. The quantitative estimate of drug-likeness (QED) is 0.136. The van der Waals surface area contributed by atoms with Crippen LogP contribution in [-0.4, -0.2) is 0 Å². The van der Waals surface area contributed by atoms with Gasteiger partial charge in [-0.05, 0) is 30.6 Å². The minimum Gasteiger partial charge on any atom is -0.0654 e. The Morgan fingerprint density at radius 2 is 0.700 bits per heavy atom. The molecule has 1 atom stereocenters. The molecule has 0 spiro atoms. The van der Waals surface area contributed by atoms with Gasteiger partial charge < -0.3 is 0 Å². The van der Waals surface area contributed by atoms with E-state index in [1.54, 1.807) is 0 Å². The molecule has 0 nitrogen and oxygen atoms in total. The number of unbranched alkanes of at least 4 members (excludes halogenated alkanes) is 17. The summed E-state index contributed by atoms with van der Waals surface area (Å²) < 4.78 is 0. The molecule has 0 fully saturated rings. The lowest BCUT2D eigenvalue weighted by Crippen LogP contribution is -2.24. The van der Waals surface area contributed by atoms with Crippen LogP contribution in [0.15, 0.2) is 0 Å². The van der Waals surface area contributed by atoms with Gasteiger partial charge in [-0.2, -0.15) is 0 Å². The van der Waals surface area contributed by atoms with Gasteiger partial charge in [0, 0.05) is 0 Å². The fourth-order valence-corrected chi connectivity index (χ4v) is 5.19. The molecule has 0 bridgehead atoms. The molecule has 0 amide bonds. The molecule has 0 saturated heterocycles. The molecule has 0 heterocycles. The summed E-state index contributed by atoms with van der Waals surface area (Å²) >= 11 is 0. The van der Waals surface area contributed by atoms with Gasteiger partial charge in [0.1, 0.15) is 0 Å².